The van der Waals surface area contributed by atoms with Crippen LogP contribution in [-0.4, -0.2) is 43.6 Å². The maximum absolute atomic E-state index is 12.4. The van der Waals surface area contributed by atoms with Gasteiger partial charge >= 0.3 is 17.7 Å². The first-order valence-electron chi connectivity index (χ1n) is 8.55. The molecule has 2 aromatic rings. The number of nitrogens with zero attached hydrogens (tertiary/aromatic N) is 1. The Morgan fingerprint density at radius 1 is 0.926 bits per heavy atom. The number of rotatable bonds is 5. The van der Waals surface area contributed by atoms with Crippen LogP contribution in [0.1, 0.15) is 5.56 Å². The number of cyclic esters (lactones) is 2. The van der Waals surface area contributed by atoms with Crippen molar-refractivity contribution < 1.29 is 23.8 Å². The zero-order valence-electron chi connectivity index (χ0n) is 15.2. The van der Waals surface area contributed by atoms with Crippen molar-refractivity contribution >= 4 is 11.9 Å². The fourth-order valence-electron chi connectivity index (χ4n) is 2.86. The Bertz CT molecular complexity index is 819. The normalized spacial score (nSPS) is 22.6. The monoisotopic (exact) mass is 367 g/mol. The van der Waals surface area contributed by atoms with E-state index in [1.807, 2.05) is 55.4 Å². The molecule has 0 aliphatic carbocycles. The van der Waals surface area contributed by atoms with Crippen molar-refractivity contribution in [1.29, 1.82) is 0 Å². The van der Waals surface area contributed by atoms with Crippen molar-refractivity contribution in [2.24, 2.45) is 0 Å². The molecule has 6 nitrogen and oxygen atoms in total. The van der Waals surface area contributed by atoms with Crippen LogP contribution in [0.2, 0.25) is 0 Å². The molecule has 0 amide bonds. The fraction of sp³-hybridized carbons (Fsp3) is 0.238. The largest absolute Gasteiger partial charge is 0.449 e. The van der Waals surface area contributed by atoms with E-state index in [0.717, 1.165) is 12.2 Å². The summed E-state index contributed by atoms with van der Waals surface area (Å²) in [5, 5.41) is 0. The van der Waals surface area contributed by atoms with Gasteiger partial charge in [0.2, 0.25) is 0 Å². The van der Waals surface area contributed by atoms with Crippen LogP contribution in [0.15, 0.2) is 72.8 Å². The summed E-state index contributed by atoms with van der Waals surface area (Å²) >= 11 is 0. The molecular formula is C21H21NO5. The first-order valence-corrected chi connectivity index (χ1v) is 8.55. The van der Waals surface area contributed by atoms with E-state index in [9.17, 15) is 9.59 Å². The summed E-state index contributed by atoms with van der Waals surface area (Å²) in [5.74, 6) is -2.46. The Labute approximate surface area is 158 Å². The maximum atomic E-state index is 12.4. The van der Waals surface area contributed by atoms with Crippen LogP contribution in [0.25, 0.3) is 0 Å². The summed E-state index contributed by atoms with van der Waals surface area (Å²) in [4.78, 5) is 26.4. The minimum absolute atomic E-state index is 0.286. The molecule has 2 aromatic carbocycles. The molecule has 0 N–H and O–H groups in total. The highest BCUT2D eigenvalue weighted by Crippen LogP contribution is 2.36. The van der Waals surface area contributed by atoms with Gasteiger partial charge in [-0.3, -0.25) is 0 Å². The minimum atomic E-state index is -1.63. The van der Waals surface area contributed by atoms with Crippen LogP contribution in [0, 0.1) is 0 Å². The van der Waals surface area contributed by atoms with Crippen molar-refractivity contribution in [2.45, 2.75) is 11.9 Å². The third-order valence-corrected chi connectivity index (χ3v) is 4.01. The second-order valence-corrected chi connectivity index (χ2v) is 6.39. The highest BCUT2D eigenvalue weighted by molar-refractivity contribution is 5.92. The molecule has 1 aliphatic heterocycles. The summed E-state index contributed by atoms with van der Waals surface area (Å²) in [6, 6.07) is 18.0. The van der Waals surface area contributed by atoms with Crippen LogP contribution < -0.4 is 4.74 Å². The Hall–Kier alpha value is -3.12. The van der Waals surface area contributed by atoms with Gasteiger partial charge < -0.3 is 19.1 Å². The van der Waals surface area contributed by atoms with Crippen LogP contribution in [0.5, 0.6) is 5.75 Å². The maximum Gasteiger partial charge on any atom is 0.334 e. The molecule has 2 unspecified atom stereocenters. The molecule has 0 fully saturated rings. The van der Waals surface area contributed by atoms with Crippen molar-refractivity contribution in [1.82, 2.24) is 4.90 Å². The van der Waals surface area contributed by atoms with E-state index in [4.69, 9.17) is 14.2 Å². The SMILES string of the molecule is CN(C)CC1OC(=O)C=CC(=O)OC1(Oc1ccccc1)c1ccccc1. The Morgan fingerprint density at radius 2 is 1.52 bits per heavy atom. The van der Waals surface area contributed by atoms with Gasteiger partial charge in [0.25, 0.3) is 0 Å². The van der Waals surface area contributed by atoms with Crippen molar-refractivity contribution in [2.75, 3.05) is 20.6 Å². The lowest BCUT2D eigenvalue weighted by Crippen LogP contribution is -2.54. The van der Waals surface area contributed by atoms with Crippen LogP contribution in [0.3, 0.4) is 0 Å². The van der Waals surface area contributed by atoms with Crippen LogP contribution >= 0.6 is 0 Å². The average molecular weight is 367 g/mol. The Balaban J connectivity index is 2.16. The smallest absolute Gasteiger partial charge is 0.334 e. The summed E-state index contributed by atoms with van der Waals surface area (Å²) in [5.41, 5.74) is 0.567. The number of hydrogen-bond donors (Lipinski definition) is 0. The predicted molar refractivity (Wildman–Crippen MR) is 98.9 cm³/mol. The lowest BCUT2D eigenvalue weighted by atomic mass is 9.98. The zero-order chi connectivity index (χ0) is 19.3. The highest BCUT2D eigenvalue weighted by atomic mass is 16.7. The van der Waals surface area contributed by atoms with E-state index in [-0.39, 0.29) is 6.54 Å². The molecule has 1 heterocycles. The van der Waals surface area contributed by atoms with Gasteiger partial charge in [0.1, 0.15) is 5.75 Å². The topological polar surface area (TPSA) is 65.1 Å². The van der Waals surface area contributed by atoms with Gasteiger partial charge in [-0.2, -0.15) is 0 Å². The fourth-order valence-corrected chi connectivity index (χ4v) is 2.86. The number of carbonyl (C=O) groups excluding carboxylic acids is 2. The Kier molecular flexibility index (Phi) is 5.57. The Morgan fingerprint density at radius 3 is 2.15 bits per heavy atom. The molecule has 0 spiro atoms. The van der Waals surface area contributed by atoms with E-state index in [1.54, 1.807) is 24.3 Å². The number of para-hydroxylation sites is 1. The van der Waals surface area contributed by atoms with E-state index in [2.05, 4.69) is 0 Å². The third-order valence-electron chi connectivity index (χ3n) is 4.01. The van der Waals surface area contributed by atoms with Gasteiger partial charge in [-0.25, -0.2) is 9.59 Å². The summed E-state index contributed by atoms with van der Waals surface area (Å²) in [6.45, 7) is 0.286. The van der Waals surface area contributed by atoms with Crippen molar-refractivity contribution in [3.05, 3.63) is 78.4 Å². The van der Waals surface area contributed by atoms with E-state index in [0.29, 0.717) is 11.3 Å². The van der Waals surface area contributed by atoms with E-state index in [1.165, 1.54) is 0 Å². The molecule has 6 heteroatoms. The highest BCUT2D eigenvalue weighted by Gasteiger charge is 2.50. The molecule has 140 valence electrons. The molecule has 0 aromatic heterocycles. The second kappa shape index (κ2) is 8.05. The van der Waals surface area contributed by atoms with Gasteiger partial charge in [0.05, 0.1) is 0 Å². The zero-order valence-corrected chi connectivity index (χ0v) is 15.2. The molecule has 0 radical (unpaired) electrons. The molecule has 27 heavy (non-hydrogen) atoms. The summed E-state index contributed by atoms with van der Waals surface area (Å²) in [6.07, 6.45) is 1.21. The first kappa shape index (κ1) is 18.7. The number of hydrogen-bond acceptors (Lipinski definition) is 6. The molecule has 2 atom stereocenters. The van der Waals surface area contributed by atoms with Gasteiger partial charge in [-0.05, 0) is 26.2 Å². The van der Waals surface area contributed by atoms with E-state index < -0.39 is 23.8 Å². The number of esters is 2. The first-order chi connectivity index (χ1) is 13.0. The predicted octanol–water partition coefficient (Wildman–Crippen LogP) is 2.50. The summed E-state index contributed by atoms with van der Waals surface area (Å²) < 4.78 is 17.6. The van der Waals surface area contributed by atoms with Gasteiger partial charge in [-0.15, -0.1) is 0 Å². The summed E-state index contributed by atoms with van der Waals surface area (Å²) in [7, 11) is 3.67. The van der Waals surface area contributed by atoms with Gasteiger partial charge in [0, 0.05) is 24.3 Å². The number of likely N-dealkylation sites (N-methyl/N-ethyl adjacent to an activating group) is 1. The van der Waals surface area contributed by atoms with E-state index >= 15 is 0 Å². The second-order valence-electron chi connectivity index (χ2n) is 6.39. The van der Waals surface area contributed by atoms with Gasteiger partial charge in [-0.1, -0.05) is 48.5 Å². The van der Waals surface area contributed by atoms with Gasteiger partial charge in [0.15, 0.2) is 6.10 Å². The molecule has 0 saturated carbocycles. The number of benzene rings is 2. The molecule has 0 saturated heterocycles. The molecule has 0 bridgehead atoms. The average Bonchev–Trinajstić information content (AvgIpc) is 2.66. The molecule has 1 aliphatic rings. The van der Waals surface area contributed by atoms with Crippen LogP contribution in [0.4, 0.5) is 0 Å². The quantitative estimate of drug-likeness (QED) is 0.757. The number of carbonyl (C=O) groups is 2. The number of ether oxygens (including phenoxy) is 3. The van der Waals surface area contributed by atoms with Crippen LogP contribution in [-0.2, 0) is 24.8 Å². The van der Waals surface area contributed by atoms with Crippen molar-refractivity contribution in [3.8, 4) is 5.75 Å². The lowest BCUT2D eigenvalue weighted by Gasteiger charge is -2.40. The minimum Gasteiger partial charge on any atom is -0.449 e. The standard InChI is InChI=1S/C21H21NO5/c1-22(2)15-18-21(16-9-5-3-6-10-16,26-17-11-7-4-8-12-17)27-20(24)14-13-19(23)25-18/h3-14,18H,15H2,1-2H3. The molecule has 3 rings (SSSR count). The third kappa shape index (κ3) is 4.35. The molecular weight excluding hydrogens is 346 g/mol. The lowest BCUT2D eigenvalue weighted by molar-refractivity contribution is -0.247. The van der Waals surface area contributed by atoms with Crippen molar-refractivity contribution in [3.63, 3.8) is 0 Å².